The molecular weight excluding hydrogens is 446 g/mol. The van der Waals surface area contributed by atoms with E-state index >= 15 is 0 Å². The lowest BCUT2D eigenvalue weighted by Gasteiger charge is -2.34. The molecular formula is C26H33N5O4. The lowest BCUT2D eigenvalue weighted by atomic mass is 9.74. The summed E-state index contributed by atoms with van der Waals surface area (Å²) in [6.07, 6.45) is 5.14. The Kier molecular flexibility index (Phi) is 5.39. The van der Waals surface area contributed by atoms with Gasteiger partial charge in [0.1, 0.15) is 5.75 Å². The van der Waals surface area contributed by atoms with Gasteiger partial charge in [0.2, 0.25) is 11.8 Å². The van der Waals surface area contributed by atoms with Gasteiger partial charge in [-0.05, 0) is 74.3 Å². The van der Waals surface area contributed by atoms with Crippen LogP contribution in [0.5, 0.6) is 11.6 Å². The Balaban J connectivity index is 1.15. The largest absolute Gasteiger partial charge is 0.497 e. The van der Waals surface area contributed by atoms with Crippen molar-refractivity contribution >= 4 is 17.3 Å². The lowest BCUT2D eigenvalue weighted by Crippen LogP contribution is -2.39. The van der Waals surface area contributed by atoms with Gasteiger partial charge in [-0.1, -0.05) is 0 Å². The number of pyridine rings is 1. The van der Waals surface area contributed by atoms with E-state index in [0.717, 1.165) is 53.9 Å². The van der Waals surface area contributed by atoms with Crippen LogP contribution in [0.2, 0.25) is 0 Å². The summed E-state index contributed by atoms with van der Waals surface area (Å²) in [4.78, 5) is 17.4. The second kappa shape index (κ2) is 8.36. The molecule has 1 saturated heterocycles. The predicted molar refractivity (Wildman–Crippen MR) is 131 cm³/mol. The normalized spacial score (nSPS) is 33.6. The number of hydrazine groups is 1. The van der Waals surface area contributed by atoms with Gasteiger partial charge >= 0.3 is 0 Å². The number of rotatable bonds is 6. The first-order valence-corrected chi connectivity index (χ1v) is 12.4. The SMILES string of the molecule is COc1ccc2c(c1)[C@]1(C[C@H]1C1CCC3C(C1)NNC3Nc1cc(C(C)O)cnc1OC)C(=O)N2. The van der Waals surface area contributed by atoms with Crippen LogP contribution in [0.1, 0.15) is 49.8 Å². The summed E-state index contributed by atoms with van der Waals surface area (Å²) in [6.45, 7) is 1.73. The topological polar surface area (TPSA) is 117 Å². The molecule has 0 radical (unpaired) electrons. The summed E-state index contributed by atoms with van der Waals surface area (Å²) in [5.74, 6) is 2.69. The molecule has 3 heterocycles. The molecule has 2 saturated carbocycles. The molecule has 35 heavy (non-hydrogen) atoms. The molecule has 4 aliphatic rings. The van der Waals surface area contributed by atoms with E-state index in [2.05, 4.69) is 26.5 Å². The molecule has 5 unspecified atom stereocenters. The minimum absolute atomic E-state index is 0.0221. The third kappa shape index (κ3) is 3.56. The average molecular weight is 480 g/mol. The van der Waals surface area contributed by atoms with E-state index in [-0.39, 0.29) is 12.1 Å². The first kappa shape index (κ1) is 22.6. The third-order valence-electron chi connectivity index (χ3n) is 8.60. The van der Waals surface area contributed by atoms with Crippen LogP contribution < -0.4 is 31.0 Å². The number of fused-ring (bicyclic) bond motifs is 3. The molecule has 7 atom stereocenters. The number of amides is 1. The van der Waals surface area contributed by atoms with Crippen LogP contribution >= 0.6 is 0 Å². The number of aliphatic hydroxyl groups excluding tert-OH is 1. The molecule has 2 aliphatic carbocycles. The number of benzene rings is 1. The van der Waals surface area contributed by atoms with Crippen LogP contribution in [-0.2, 0) is 10.2 Å². The zero-order chi connectivity index (χ0) is 24.3. The molecule has 1 aromatic heterocycles. The van der Waals surface area contributed by atoms with Crippen molar-refractivity contribution in [3.05, 3.63) is 41.6 Å². The summed E-state index contributed by atoms with van der Waals surface area (Å²) >= 11 is 0. The maximum atomic E-state index is 13.1. The van der Waals surface area contributed by atoms with Gasteiger partial charge in [-0.2, -0.15) is 0 Å². The van der Waals surface area contributed by atoms with Crippen molar-refractivity contribution in [1.29, 1.82) is 0 Å². The fourth-order valence-electron chi connectivity index (χ4n) is 6.65. The van der Waals surface area contributed by atoms with E-state index in [9.17, 15) is 9.90 Å². The highest BCUT2D eigenvalue weighted by molar-refractivity contribution is 6.09. The monoisotopic (exact) mass is 479 g/mol. The molecule has 9 nitrogen and oxygen atoms in total. The number of aromatic nitrogens is 1. The molecule has 1 aromatic carbocycles. The number of nitrogens with zero attached hydrogens (tertiary/aromatic N) is 1. The van der Waals surface area contributed by atoms with E-state index in [0.29, 0.717) is 29.7 Å². The second-order valence-electron chi connectivity index (χ2n) is 10.4. The molecule has 5 N–H and O–H groups in total. The van der Waals surface area contributed by atoms with Crippen molar-refractivity contribution in [2.24, 2.45) is 17.8 Å². The number of methoxy groups -OCH3 is 2. The lowest BCUT2D eigenvalue weighted by molar-refractivity contribution is -0.118. The molecule has 1 amide bonds. The summed E-state index contributed by atoms with van der Waals surface area (Å²) < 4.78 is 10.9. The van der Waals surface area contributed by atoms with Gasteiger partial charge in [-0.15, -0.1) is 0 Å². The molecule has 9 heteroatoms. The van der Waals surface area contributed by atoms with Crippen molar-refractivity contribution in [2.75, 3.05) is 24.9 Å². The van der Waals surface area contributed by atoms with Crippen LogP contribution in [0, 0.1) is 17.8 Å². The molecule has 186 valence electrons. The maximum Gasteiger partial charge on any atom is 0.237 e. The van der Waals surface area contributed by atoms with Gasteiger partial charge in [-0.3, -0.25) is 10.2 Å². The number of carbonyl (C=O) groups excluding carboxylic acids is 1. The van der Waals surface area contributed by atoms with E-state index in [1.165, 1.54) is 0 Å². The van der Waals surface area contributed by atoms with Gasteiger partial charge in [-0.25, -0.2) is 10.4 Å². The van der Waals surface area contributed by atoms with Crippen molar-refractivity contribution in [1.82, 2.24) is 15.8 Å². The average Bonchev–Trinajstić information content (AvgIpc) is 3.42. The molecule has 2 aliphatic heterocycles. The number of hydrogen-bond acceptors (Lipinski definition) is 8. The van der Waals surface area contributed by atoms with Crippen LogP contribution in [0.4, 0.5) is 11.4 Å². The van der Waals surface area contributed by atoms with Gasteiger partial charge in [0.25, 0.3) is 0 Å². The number of anilines is 2. The van der Waals surface area contributed by atoms with Crippen LogP contribution in [0.15, 0.2) is 30.5 Å². The van der Waals surface area contributed by atoms with Gasteiger partial charge < -0.3 is 25.2 Å². The summed E-state index contributed by atoms with van der Waals surface area (Å²) in [7, 11) is 3.27. The number of aliphatic hydroxyl groups is 1. The van der Waals surface area contributed by atoms with Crippen molar-refractivity contribution in [2.45, 2.75) is 56.3 Å². The van der Waals surface area contributed by atoms with E-state index in [4.69, 9.17) is 9.47 Å². The second-order valence-corrected chi connectivity index (χ2v) is 10.4. The van der Waals surface area contributed by atoms with E-state index in [1.54, 1.807) is 27.3 Å². The highest BCUT2D eigenvalue weighted by Crippen LogP contribution is 2.65. The number of nitrogens with one attached hydrogen (secondary N) is 4. The van der Waals surface area contributed by atoms with Gasteiger partial charge in [0, 0.05) is 29.4 Å². The fraction of sp³-hybridized carbons (Fsp3) is 0.538. The minimum atomic E-state index is -0.601. The fourth-order valence-corrected chi connectivity index (χ4v) is 6.65. The predicted octanol–water partition coefficient (Wildman–Crippen LogP) is 2.69. The first-order chi connectivity index (χ1) is 16.9. The minimum Gasteiger partial charge on any atom is -0.497 e. The Morgan fingerprint density at radius 1 is 1.20 bits per heavy atom. The Bertz CT molecular complexity index is 1160. The Hall–Kier alpha value is -2.88. The van der Waals surface area contributed by atoms with Crippen LogP contribution in [0.25, 0.3) is 0 Å². The molecule has 1 spiro atoms. The zero-order valence-electron chi connectivity index (χ0n) is 20.3. The van der Waals surface area contributed by atoms with Crippen molar-refractivity contribution < 1.29 is 19.4 Å². The van der Waals surface area contributed by atoms with Crippen molar-refractivity contribution in [3.63, 3.8) is 0 Å². The van der Waals surface area contributed by atoms with E-state index in [1.807, 2.05) is 24.3 Å². The Morgan fingerprint density at radius 3 is 2.83 bits per heavy atom. The summed E-state index contributed by atoms with van der Waals surface area (Å²) in [6, 6.07) is 8.12. The molecule has 0 bridgehead atoms. The molecule has 3 fully saturated rings. The first-order valence-electron chi connectivity index (χ1n) is 12.4. The molecule has 6 rings (SSSR count). The quantitative estimate of drug-likeness (QED) is 0.429. The highest BCUT2D eigenvalue weighted by atomic mass is 16.5. The highest BCUT2D eigenvalue weighted by Gasteiger charge is 2.67. The van der Waals surface area contributed by atoms with Crippen molar-refractivity contribution in [3.8, 4) is 11.6 Å². The standard InChI is InChI=1S/C26H33N5O4/c1-13(32)15-9-22(24(35-3)27-12-15)28-23-17-6-4-14(8-21(17)30-31-23)19-11-26(19)18-10-16(34-2)5-7-20(18)29-25(26)33/h5,7,9-10,12-14,17,19,21,23,28,30-32H,4,6,8,11H2,1-3H3,(H,29,33)/t13?,14?,17?,19-,21?,23?,26-/m0/s1. The van der Waals surface area contributed by atoms with Crippen LogP contribution in [-0.4, -0.2) is 42.4 Å². The zero-order valence-corrected chi connectivity index (χ0v) is 20.3. The van der Waals surface area contributed by atoms with Gasteiger partial charge in [0.05, 0.1) is 37.6 Å². The van der Waals surface area contributed by atoms with E-state index < -0.39 is 11.5 Å². The Morgan fingerprint density at radius 2 is 2.06 bits per heavy atom. The molecule has 2 aromatic rings. The van der Waals surface area contributed by atoms with Gasteiger partial charge in [0.15, 0.2) is 0 Å². The maximum absolute atomic E-state index is 13.1. The Labute approximate surface area is 205 Å². The van der Waals surface area contributed by atoms with Crippen LogP contribution in [0.3, 0.4) is 0 Å². The summed E-state index contributed by atoms with van der Waals surface area (Å²) in [5, 5.41) is 16.6. The third-order valence-corrected chi connectivity index (χ3v) is 8.60. The number of ether oxygens (including phenoxy) is 2. The number of hydrogen-bond donors (Lipinski definition) is 5. The number of carbonyl (C=O) groups is 1. The summed E-state index contributed by atoms with van der Waals surface area (Å²) in [5.41, 5.74) is 10.1. The smallest absolute Gasteiger partial charge is 0.237 e.